The number of hydrogen-bond acceptors (Lipinski definition) is 5. The van der Waals surface area contributed by atoms with Crippen molar-refractivity contribution < 1.29 is 9.53 Å². The van der Waals surface area contributed by atoms with Gasteiger partial charge in [-0.15, -0.1) is 0 Å². The molecular formula is C15H18N4O2. The first-order valence-electron chi connectivity index (χ1n) is 6.66. The summed E-state index contributed by atoms with van der Waals surface area (Å²) in [4.78, 5) is 20.4. The van der Waals surface area contributed by atoms with Gasteiger partial charge >= 0.3 is 0 Å². The van der Waals surface area contributed by atoms with Gasteiger partial charge in [-0.3, -0.25) is 4.79 Å². The molecule has 0 unspecified atom stereocenters. The van der Waals surface area contributed by atoms with E-state index in [1.807, 2.05) is 32.0 Å². The molecule has 0 bridgehead atoms. The number of benzene rings is 1. The topological polar surface area (TPSA) is 76.1 Å². The highest BCUT2D eigenvalue weighted by molar-refractivity contribution is 6.03. The Bertz CT molecular complexity index is 626. The smallest absolute Gasteiger partial charge is 0.275 e. The number of methoxy groups -OCH3 is 1. The lowest BCUT2D eigenvalue weighted by Crippen LogP contribution is -2.15. The molecule has 110 valence electrons. The third kappa shape index (κ3) is 3.68. The van der Waals surface area contributed by atoms with E-state index in [0.29, 0.717) is 17.3 Å². The Kier molecular flexibility index (Phi) is 4.71. The molecule has 6 heteroatoms. The molecule has 1 aromatic carbocycles. The van der Waals surface area contributed by atoms with Gasteiger partial charge in [0.25, 0.3) is 5.91 Å². The van der Waals surface area contributed by atoms with Crippen molar-refractivity contribution >= 4 is 17.4 Å². The van der Waals surface area contributed by atoms with Crippen molar-refractivity contribution in [1.82, 2.24) is 9.97 Å². The highest BCUT2D eigenvalue weighted by Crippen LogP contribution is 2.25. The van der Waals surface area contributed by atoms with Gasteiger partial charge in [0, 0.05) is 6.54 Å². The van der Waals surface area contributed by atoms with Gasteiger partial charge in [0.2, 0.25) is 0 Å². The van der Waals surface area contributed by atoms with Crippen molar-refractivity contribution in [3.63, 3.8) is 0 Å². The van der Waals surface area contributed by atoms with E-state index in [2.05, 4.69) is 20.6 Å². The number of rotatable bonds is 5. The molecule has 0 aliphatic carbocycles. The molecule has 2 aromatic rings. The zero-order chi connectivity index (χ0) is 15.2. The Morgan fingerprint density at radius 1 is 1.29 bits per heavy atom. The summed E-state index contributed by atoms with van der Waals surface area (Å²) < 4.78 is 5.23. The zero-order valence-corrected chi connectivity index (χ0v) is 12.3. The molecule has 0 fully saturated rings. The first-order chi connectivity index (χ1) is 10.1. The molecule has 0 saturated heterocycles. The molecule has 1 heterocycles. The molecule has 0 aliphatic rings. The summed E-state index contributed by atoms with van der Waals surface area (Å²) in [6, 6.07) is 5.57. The Labute approximate surface area is 123 Å². The number of aryl methyl sites for hydroxylation is 1. The predicted molar refractivity (Wildman–Crippen MR) is 81.9 cm³/mol. The maximum atomic E-state index is 12.2. The number of aromatic nitrogens is 2. The molecule has 0 atom stereocenters. The minimum atomic E-state index is -0.325. The molecule has 1 amide bonds. The average Bonchev–Trinajstić information content (AvgIpc) is 2.48. The van der Waals surface area contributed by atoms with Crippen LogP contribution in [0.4, 0.5) is 11.5 Å². The fraction of sp³-hybridized carbons (Fsp3) is 0.267. The van der Waals surface area contributed by atoms with Gasteiger partial charge in [0.05, 0.1) is 25.2 Å². The number of ether oxygens (including phenoxy) is 1. The van der Waals surface area contributed by atoms with Gasteiger partial charge in [-0.1, -0.05) is 6.07 Å². The highest BCUT2D eigenvalue weighted by atomic mass is 16.5. The summed E-state index contributed by atoms with van der Waals surface area (Å²) in [7, 11) is 1.56. The van der Waals surface area contributed by atoms with Crippen LogP contribution in [0.5, 0.6) is 5.75 Å². The van der Waals surface area contributed by atoms with Crippen molar-refractivity contribution in [1.29, 1.82) is 0 Å². The van der Waals surface area contributed by atoms with Crippen LogP contribution >= 0.6 is 0 Å². The largest absolute Gasteiger partial charge is 0.495 e. The predicted octanol–water partition coefficient (Wildman–Crippen LogP) is 2.48. The van der Waals surface area contributed by atoms with Gasteiger partial charge in [0.15, 0.2) is 0 Å². The fourth-order valence-corrected chi connectivity index (χ4v) is 1.82. The van der Waals surface area contributed by atoms with Crippen LogP contribution in [-0.2, 0) is 0 Å². The number of anilines is 2. The molecule has 0 spiro atoms. The second-order valence-corrected chi connectivity index (χ2v) is 4.48. The third-order valence-corrected chi connectivity index (χ3v) is 2.85. The monoisotopic (exact) mass is 286 g/mol. The lowest BCUT2D eigenvalue weighted by Gasteiger charge is -2.10. The Morgan fingerprint density at radius 2 is 2.10 bits per heavy atom. The molecule has 0 saturated carbocycles. The average molecular weight is 286 g/mol. The van der Waals surface area contributed by atoms with E-state index in [-0.39, 0.29) is 11.6 Å². The minimum Gasteiger partial charge on any atom is -0.495 e. The lowest BCUT2D eigenvalue weighted by molar-refractivity contribution is 0.102. The lowest BCUT2D eigenvalue weighted by atomic mass is 10.2. The number of carbonyl (C=O) groups excluding carboxylic acids is 1. The molecule has 2 rings (SSSR count). The summed E-state index contributed by atoms with van der Waals surface area (Å²) in [5, 5.41) is 5.81. The van der Waals surface area contributed by atoms with Gasteiger partial charge in [-0.25, -0.2) is 9.97 Å². The van der Waals surface area contributed by atoms with E-state index in [0.717, 1.165) is 12.1 Å². The van der Waals surface area contributed by atoms with Gasteiger partial charge in [-0.2, -0.15) is 0 Å². The number of carbonyl (C=O) groups is 1. The quantitative estimate of drug-likeness (QED) is 0.883. The Hall–Kier alpha value is -2.63. The van der Waals surface area contributed by atoms with Gasteiger partial charge in [0.1, 0.15) is 17.3 Å². The van der Waals surface area contributed by atoms with Gasteiger partial charge in [-0.05, 0) is 31.5 Å². The second kappa shape index (κ2) is 6.69. The fourth-order valence-electron chi connectivity index (χ4n) is 1.82. The molecule has 21 heavy (non-hydrogen) atoms. The van der Waals surface area contributed by atoms with Crippen LogP contribution in [0.25, 0.3) is 0 Å². The van der Waals surface area contributed by atoms with E-state index in [4.69, 9.17) is 4.74 Å². The molecule has 0 radical (unpaired) electrons. The van der Waals surface area contributed by atoms with E-state index in [1.165, 1.54) is 12.4 Å². The van der Waals surface area contributed by atoms with Crippen LogP contribution < -0.4 is 15.4 Å². The summed E-state index contributed by atoms with van der Waals surface area (Å²) in [6.07, 6.45) is 2.97. The Morgan fingerprint density at radius 3 is 2.71 bits per heavy atom. The third-order valence-electron chi connectivity index (χ3n) is 2.85. The van der Waals surface area contributed by atoms with Crippen LogP contribution in [0.15, 0.2) is 30.6 Å². The number of nitrogens with zero attached hydrogens (tertiary/aromatic N) is 2. The van der Waals surface area contributed by atoms with E-state index in [1.54, 1.807) is 7.11 Å². The van der Waals surface area contributed by atoms with Crippen LogP contribution in [-0.4, -0.2) is 29.5 Å². The first kappa shape index (κ1) is 14.8. The van der Waals surface area contributed by atoms with E-state index >= 15 is 0 Å². The van der Waals surface area contributed by atoms with Gasteiger partial charge < -0.3 is 15.4 Å². The SMILES string of the molecule is CCNc1cnc(C(=O)Nc2cc(C)ccc2OC)cn1. The molecule has 1 aromatic heterocycles. The molecule has 2 N–H and O–H groups in total. The maximum Gasteiger partial charge on any atom is 0.275 e. The zero-order valence-electron chi connectivity index (χ0n) is 12.3. The van der Waals surface area contributed by atoms with Crippen LogP contribution in [0.1, 0.15) is 23.0 Å². The highest BCUT2D eigenvalue weighted by Gasteiger charge is 2.11. The van der Waals surface area contributed by atoms with Crippen molar-refractivity contribution in [3.8, 4) is 5.75 Å². The van der Waals surface area contributed by atoms with Crippen molar-refractivity contribution in [2.24, 2.45) is 0 Å². The van der Waals surface area contributed by atoms with E-state index in [9.17, 15) is 4.79 Å². The normalized spacial score (nSPS) is 10.0. The standard InChI is InChI=1S/C15H18N4O2/c1-4-16-14-9-17-12(8-18-14)15(20)19-11-7-10(2)5-6-13(11)21-3/h5-9H,4H2,1-3H3,(H,16,18)(H,19,20). The molecular weight excluding hydrogens is 268 g/mol. The molecule has 6 nitrogen and oxygen atoms in total. The molecule has 0 aliphatic heterocycles. The number of hydrogen-bond donors (Lipinski definition) is 2. The summed E-state index contributed by atoms with van der Waals surface area (Å²) in [6.45, 7) is 4.66. The van der Waals surface area contributed by atoms with Crippen molar-refractivity contribution in [3.05, 3.63) is 41.9 Å². The number of nitrogens with one attached hydrogen (secondary N) is 2. The first-order valence-corrected chi connectivity index (χ1v) is 6.66. The Balaban J connectivity index is 2.15. The summed E-state index contributed by atoms with van der Waals surface area (Å²) in [5.74, 6) is 0.919. The van der Waals surface area contributed by atoms with E-state index < -0.39 is 0 Å². The van der Waals surface area contributed by atoms with Crippen LogP contribution in [0, 0.1) is 6.92 Å². The van der Waals surface area contributed by atoms with Crippen LogP contribution in [0.2, 0.25) is 0 Å². The summed E-state index contributed by atoms with van der Waals surface area (Å²) in [5.41, 5.74) is 1.89. The van der Waals surface area contributed by atoms with Crippen molar-refractivity contribution in [2.45, 2.75) is 13.8 Å². The maximum absolute atomic E-state index is 12.2. The van der Waals surface area contributed by atoms with Crippen LogP contribution in [0.3, 0.4) is 0 Å². The van der Waals surface area contributed by atoms with Crippen molar-refractivity contribution in [2.75, 3.05) is 24.3 Å². The summed E-state index contributed by atoms with van der Waals surface area (Å²) >= 11 is 0. The second-order valence-electron chi connectivity index (χ2n) is 4.48. The number of amides is 1. The minimum absolute atomic E-state index is 0.250.